The number of rotatable bonds is 1. The summed E-state index contributed by atoms with van der Waals surface area (Å²) in [6.07, 6.45) is 5.93. The van der Waals surface area contributed by atoms with Gasteiger partial charge >= 0.3 is 0 Å². The Morgan fingerprint density at radius 3 is 2.85 bits per heavy atom. The van der Waals surface area contributed by atoms with Crippen LogP contribution >= 0.6 is 11.6 Å². The van der Waals surface area contributed by atoms with Crippen LogP contribution in [0.25, 0.3) is 22.1 Å². The van der Waals surface area contributed by atoms with Gasteiger partial charge in [0, 0.05) is 6.04 Å². The summed E-state index contributed by atoms with van der Waals surface area (Å²) in [5.74, 6) is 0. The Morgan fingerprint density at radius 1 is 1.15 bits per heavy atom. The molecule has 4 rings (SSSR count). The third-order valence-corrected chi connectivity index (χ3v) is 4.12. The van der Waals surface area contributed by atoms with Gasteiger partial charge in [0.25, 0.3) is 0 Å². The normalized spacial score (nSPS) is 17.1. The fraction of sp³-hybridized carbons (Fsp3) is 0.357. The van der Waals surface area contributed by atoms with E-state index in [1.807, 2.05) is 18.6 Å². The van der Waals surface area contributed by atoms with Gasteiger partial charge in [0.2, 0.25) is 0 Å². The minimum Gasteiger partial charge on any atom is -0.325 e. The van der Waals surface area contributed by atoms with Crippen molar-refractivity contribution in [2.24, 2.45) is 0 Å². The number of imidazole rings is 1. The van der Waals surface area contributed by atoms with E-state index in [9.17, 15) is 0 Å². The van der Waals surface area contributed by atoms with Crippen molar-refractivity contribution in [2.45, 2.75) is 18.9 Å². The summed E-state index contributed by atoms with van der Waals surface area (Å²) in [4.78, 5) is 13.3. The molecule has 6 heteroatoms. The van der Waals surface area contributed by atoms with Crippen molar-refractivity contribution in [3.05, 3.63) is 29.8 Å². The predicted octanol–water partition coefficient (Wildman–Crippen LogP) is 2.56. The van der Waals surface area contributed by atoms with Crippen LogP contribution < -0.4 is 5.32 Å². The van der Waals surface area contributed by atoms with Crippen molar-refractivity contribution in [3.63, 3.8) is 0 Å². The Bertz CT molecular complexity index is 776. The van der Waals surface area contributed by atoms with E-state index >= 15 is 0 Å². The minimum absolute atomic E-state index is 0.465. The molecule has 0 bridgehead atoms. The molecule has 4 heterocycles. The van der Waals surface area contributed by atoms with E-state index < -0.39 is 0 Å². The smallest absolute Gasteiger partial charge is 0.130 e. The summed E-state index contributed by atoms with van der Waals surface area (Å²) >= 11 is 6.05. The highest BCUT2D eigenvalue weighted by molar-refractivity contribution is 6.30. The first-order valence-corrected chi connectivity index (χ1v) is 7.19. The summed E-state index contributed by atoms with van der Waals surface area (Å²) in [6.45, 7) is 2.09. The molecule has 0 atom stereocenters. The predicted molar refractivity (Wildman–Crippen MR) is 79.0 cm³/mol. The lowest BCUT2D eigenvalue weighted by Crippen LogP contribution is -2.29. The topological polar surface area (TPSA) is 55.6 Å². The van der Waals surface area contributed by atoms with Crippen molar-refractivity contribution >= 4 is 33.7 Å². The summed E-state index contributed by atoms with van der Waals surface area (Å²) in [5.41, 5.74) is 3.62. The summed E-state index contributed by atoms with van der Waals surface area (Å²) in [6, 6.07) is 4.14. The van der Waals surface area contributed by atoms with E-state index in [1.54, 1.807) is 6.07 Å². The van der Waals surface area contributed by atoms with Crippen LogP contribution in [0.4, 0.5) is 0 Å². The van der Waals surface area contributed by atoms with Gasteiger partial charge in [-0.1, -0.05) is 11.6 Å². The van der Waals surface area contributed by atoms with E-state index in [0.717, 1.165) is 48.0 Å². The molecule has 1 aliphatic heterocycles. The molecule has 0 aliphatic carbocycles. The molecule has 102 valence electrons. The van der Waals surface area contributed by atoms with Gasteiger partial charge in [-0.05, 0) is 38.1 Å². The van der Waals surface area contributed by atoms with Gasteiger partial charge in [0.15, 0.2) is 0 Å². The lowest BCUT2D eigenvalue weighted by Gasteiger charge is -2.24. The van der Waals surface area contributed by atoms with Gasteiger partial charge in [-0.2, -0.15) is 0 Å². The first-order valence-electron chi connectivity index (χ1n) is 6.81. The average molecular weight is 288 g/mol. The standard InChI is InChI=1S/C14H14ClN5/c15-12-2-1-10-13(19-12)14-11(7-17-10)18-8-20(14)9-3-5-16-6-4-9/h1-2,7-9,16H,3-6H2. The number of nitrogens with zero attached hydrogens (tertiary/aromatic N) is 4. The van der Waals surface area contributed by atoms with Crippen LogP contribution in [0.1, 0.15) is 18.9 Å². The minimum atomic E-state index is 0.465. The number of hydrogen-bond donors (Lipinski definition) is 1. The van der Waals surface area contributed by atoms with Gasteiger partial charge in [0.1, 0.15) is 16.2 Å². The number of hydrogen-bond acceptors (Lipinski definition) is 4. The van der Waals surface area contributed by atoms with Crippen LogP contribution in [0.2, 0.25) is 5.15 Å². The molecule has 0 aromatic carbocycles. The Morgan fingerprint density at radius 2 is 2.00 bits per heavy atom. The quantitative estimate of drug-likeness (QED) is 0.699. The van der Waals surface area contributed by atoms with Crippen LogP contribution in [0.15, 0.2) is 24.7 Å². The molecule has 3 aromatic rings. The molecule has 0 radical (unpaired) electrons. The highest BCUT2D eigenvalue weighted by Gasteiger charge is 2.19. The zero-order valence-electron chi connectivity index (χ0n) is 10.9. The Labute approximate surface area is 121 Å². The van der Waals surface area contributed by atoms with Crippen LogP contribution in [-0.2, 0) is 0 Å². The molecule has 20 heavy (non-hydrogen) atoms. The van der Waals surface area contributed by atoms with Crippen LogP contribution in [0.5, 0.6) is 0 Å². The third kappa shape index (κ3) is 1.85. The van der Waals surface area contributed by atoms with E-state index in [2.05, 4.69) is 24.8 Å². The Hall–Kier alpha value is -1.72. The lowest BCUT2D eigenvalue weighted by molar-refractivity contribution is 0.375. The SMILES string of the molecule is Clc1ccc2ncc3ncn(C4CCNCC4)c3c2n1. The van der Waals surface area contributed by atoms with Gasteiger partial charge in [-0.25, -0.2) is 9.97 Å². The maximum atomic E-state index is 6.05. The maximum Gasteiger partial charge on any atom is 0.130 e. The number of aromatic nitrogens is 4. The molecule has 0 spiro atoms. The van der Waals surface area contributed by atoms with Crippen LogP contribution in [0.3, 0.4) is 0 Å². The van der Waals surface area contributed by atoms with E-state index in [0.29, 0.717) is 11.2 Å². The van der Waals surface area contributed by atoms with Gasteiger partial charge in [-0.15, -0.1) is 0 Å². The Kier molecular flexibility index (Phi) is 2.82. The van der Waals surface area contributed by atoms with Crippen molar-refractivity contribution in [2.75, 3.05) is 13.1 Å². The first-order chi connectivity index (χ1) is 9.83. The van der Waals surface area contributed by atoms with Crippen molar-refractivity contribution in [1.29, 1.82) is 0 Å². The second-order valence-electron chi connectivity index (χ2n) is 5.13. The number of piperidine rings is 1. The molecule has 1 fully saturated rings. The number of fused-ring (bicyclic) bond motifs is 3. The second kappa shape index (κ2) is 4.68. The third-order valence-electron chi connectivity index (χ3n) is 3.91. The van der Waals surface area contributed by atoms with Gasteiger partial charge in [-0.3, -0.25) is 4.98 Å². The van der Waals surface area contributed by atoms with E-state index in [4.69, 9.17) is 11.6 Å². The first kappa shape index (κ1) is 12.1. The van der Waals surface area contributed by atoms with E-state index in [-0.39, 0.29) is 0 Å². The van der Waals surface area contributed by atoms with Gasteiger partial charge < -0.3 is 9.88 Å². The number of nitrogens with one attached hydrogen (secondary N) is 1. The second-order valence-corrected chi connectivity index (χ2v) is 5.51. The molecular formula is C14H14ClN5. The highest BCUT2D eigenvalue weighted by atomic mass is 35.5. The molecule has 1 saturated heterocycles. The fourth-order valence-corrected chi connectivity index (χ4v) is 3.06. The molecule has 0 saturated carbocycles. The van der Waals surface area contributed by atoms with Crippen molar-refractivity contribution in [1.82, 2.24) is 24.8 Å². The summed E-state index contributed by atoms with van der Waals surface area (Å²) < 4.78 is 2.24. The molecule has 5 nitrogen and oxygen atoms in total. The summed E-state index contributed by atoms with van der Waals surface area (Å²) in [5, 5.41) is 3.88. The van der Waals surface area contributed by atoms with Crippen molar-refractivity contribution in [3.8, 4) is 0 Å². The largest absolute Gasteiger partial charge is 0.325 e. The van der Waals surface area contributed by atoms with Gasteiger partial charge in [0.05, 0.1) is 23.6 Å². The van der Waals surface area contributed by atoms with Crippen LogP contribution in [-0.4, -0.2) is 32.6 Å². The van der Waals surface area contributed by atoms with E-state index in [1.165, 1.54) is 0 Å². The molecule has 0 unspecified atom stereocenters. The van der Waals surface area contributed by atoms with Crippen LogP contribution in [0, 0.1) is 0 Å². The van der Waals surface area contributed by atoms with Crippen molar-refractivity contribution < 1.29 is 0 Å². The zero-order valence-corrected chi connectivity index (χ0v) is 11.6. The molecule has 1 N–H and O–H groups in total. The molecule has 1 aliphatic rings. The molecule has 3 aromatic heterocycles. The average Bonchev–Trinajstić information content (AvgIpc) is 2.92. The molecular weight excluding hydrogens is 274 g/mol. The Balaban J connectivity index is 1.99. The number of halogens is 1. The highest BCUT2D eigenvalue weighted by Crippen LogP contribution is 2.28. The molecule has 0 amide bonds. The number of pyridine rings is 2. The zero-order chi connectivity index (χ0) is 13.5. The lowest BCUT2D eigenvalue weighted by atomic mass is 10.1. The fourth-order valence-electron chi connectivity index (χ4n) is 2.91. The maximum absolute atomic E-state index is 6.05. The summed E-state index contributed by atoms with van der Waals surface area (Å²) in [7, 11) is 0. The monoisotopic (exact) mass is 287 g/mol.